The first-order valence-corrected chi connectivity index (χ1v) is 10.6. The monoisotopic (exact) mass is 452 g/mol. The van der Waals surface area contributed by atoms with E-state index in [9.17, 15) is 20.4 Å². The molecule has 0 spiro atoms. The summed E-state index contributed by atoms with van der Waals surface area (Å²) in [6.07, 6.45) is 5.92. The molecule has 8 heteroatoms. The zero-order chi connectivity index (χ0) is 23.4. The van der Waals surface area contributed by atoms with Crippen molar-refractivity contribution in [3.05, 3.63) is 104 Å². The average molecular weight is 452 g/mol. The Morgan fingerprint density at radius 1 is 0.500 bits per heavy atom. The Morgan fingerprint density at radius 3 is 1.79 bits per heavy atom. The van der Waals surface area contributed by atoms with Crippen LogP contribution in [0.4, 0.5) is 0 Å². The van der Waals surface area contributed by atoms with E-state index in [1.807, 2.05) is 66.8 Å². The zero-order valence-electron chi connectivity index (χ0n) is 17.7. The molecule has 0 unspecified atom stereocenters. The van der Waals surface area contributed by atoms with Crippen LogP contribution in [-0.2, 0) is 0 Å². The Balaban J connectivity index is 1.70. The number of aromatic hydroxyl groups is 4. The van der Waals surface area contributed by atoms with Crippen molar-refractivity contribution in [1.82, 2.24) is 19.9 Å². The Labute approximate surface area is 191 Å². The summed E-state index contributed by atoms with van der Waals surface area (Å²) >= 11 is 0. The van der Waals surface area contributed by atoms with E-state index >= 15 is 0 Å². The molecule has 168 valence electrons. The lowest BCUT2D eigenvalue weighted by atomic mass is 10.00. The maximum atomic E-state index is 10.7. The molecule has 4 aromatic heterocycles. The molecule has 5 aromatic rings. The van der Waals surface area contributed by atoms with Gasteiger partial charge in [0.25, 0.3) is 0 Å². The number of aromatic nitrogens is 4. The molecule has 8 bridgehead atoms. The van der Waals surface area contributed by atoms with E-state index in [-0.39, 0.29) is 5.56 Å². The van der Waals surface area contributed by atoms with Gasteiger partial charge in [0.15, 0.2) is 11.5 Å². The molecule has 0 aliphatic carbocycles. The number of aromatic amines is 4. The van der Waals surface area contributed by atoms with Crippen LogP contribution in [0.15, 0.2) is 54.6 Å². The minimum absolute atomic E-state index is 0.148. The summed E-state index contributed by atoms with van der Waals surface area (Å²) in [6.45, 7) is 0. The first kappa shape index (κ1) is 19.7. The standard InChI is InChI=1S/C26H20N4O4/c31-22-12-19(24(32)26(34)25(22)33)23-20-7-5-17(29-20)10-15-3-1-13(27-15)9-14-2-4-16(28-14)11-18-6-8-21(23)30-18/h1-12,27-34H. The van der Waals surface area contributed by atoms with Crippen LogP contribution in [-0.4, -0.2) is 40.4 Å². The van der Waals surface area contributed by atoms with Crippen LogP contribution >= 0.6 is 0 Å². The predicted octanol–water partition coefficient (Wildman–Crippen LogP) is 0.868. The van der Waals surface area contributed by atoms with Gasteiger partial charge in [0.2, 0.25) is 11.5 Å². The molecule has 8 nitrogen and oxygen atoms in total. The summed E-state index contributed by atoms with van der Waals surface area (Å²) in [5.41, 5.74) is 3.94. The van der Waals surface area contributed by atoms with Gasteiger partial charge in [-0.2, -0.15) is 0 Å². The quantitative estimate of drug-likeness (QED) is 0.138. The van der Waals surface area contributed by atoms with Crippen molar-refractivity contribution in [2.75, 3.05) is 0 Å². The molecule has 1 aliphatic rings. The normalized spacial score (nSPS) is 12.6. The summed E-state index contributed by atoms with van der Waals surface area (Å²) < 4.78 is 0. The fraction of sp³-hybridized carbons (Fsp3) is 0. The van der Waals surface area contributed by atoms with E-state index in [0.29, 0.717) is 16.6 Å². The van der Waals surface area contributed by atoms with Gasteiger partial charge >= 0.3 is 0 Å². The van der Waals surface area contributed by atoms with Crippen molar-refractivity contribution in [2.24, 2.45) is 0 Å². The number of nitrogens with one attached hydrogen (secondary N) is 4. The topological polar surface area (TPSA) is 144 Å². The van der Waals surface area contributed by atoms with E-state index in [2.05, 4.69) is 19.9 Å². The fourth-order valence-electron chi connectivity index (χ4n) is 4.24. The van der Waals surface area contributed by atoms with Crippen LogP contribution in [0.3, 0.4) is 0 Å². The average Bonchev–Trinajstić information content (AvgIpc) is 3.61. The molecule has 1 aromatic carbocycles. The number of hydrogen-bond acceptors (Lipinski definition) is 4. The minimum Gasteiger partial charge on any atom is -0.504 e. The van der Waals surface area contributed by atoms with Crippen LogP contribution in [0.2, 0.25) is 0 Å². The predicted molar refractivity (Wildman–Crippen MR) is 127 cm³/mol. The van der Waals surface area contributed by atoms with Crippen LogP contribution in [0.25, 0.3) is 23.8 Å². The lowest BCUT2D eigenvalue weighted by Crippen LogP contribution is -2.15. The Bertz CT molecular complexity index is 1810. The number of hydrogen-bond donors (Lipinski definition) is 8. The second-order valence-corrected chi connectivity index (χ2v) is 8.19. The summed E-state index contributed by atoms with van der Waals surface area (Å²) in [4.78, 5) is 13.4. The third-order valence-electron chi connectivity index (χ3n) is 5.85. The van der Waals surface area contributed by atoms with Crippen LogP contribution < -0.4 is 21.4 Å². The van der Waals surface area contributed by atoms with Gasteiger partial charge in [-0.25, -0.2) is 0 Å². The van der Waals surface area contributed by atoms with Crippen LogP contribution in [0.5, 0.6) is 23.0 Å². The molecular weight excluding hydrogens is 432 g/mol. The molecule has 5 heterocycles. The highest BCUT2D eigenvalue weighted by atomic mass is 16.3. The summed E-state index contributed by atoms with van der Waals surface area (Å²) in [5.74, 6) is -2.66. The van der Waals surface area contributed by atoms with Crippen molar-refractivity contribution in [3.63, 3.8) is 0 Å². The molecule has 0 atom stereocenters. The molecule has 0 saturated carbocycles. The van der Waals surface area contributed by atoms with Gasteiger partial charge in [0.05, 0.1) is 0 Å². The number of phenols is 4. The van der Waals surface area contributed by atoms with Crippen LogP contribution in [0.1, 0.15) is 28.3 Å². The Morgan fingerprint density at radius 2 is 1.09 bits per heavy atom. The van der Waals surface area contributed by atoms with Crippen molar-refractivity contribution in [1.29, 1.82) is 0 Å². The van der Waals surface area contributed by atoms with Gasteiger partial charge in [0.1, 0.15) is 0 Å². The summed E-state index contributed by atoms with van der Waals surface area (Å²) in [7, 11) is 0. The number of rotatable bonds is 1. The molecule has 8 N–H and O–H groups in total. The summed E-state index contributed by atoms with van der Waals surface area (Å²) in [5, 5.41) is 44.1. The molecule has 0 amide bonds. The SMILES string of the molecule is Oc1cc(C2=c3ccc([nH]3)=Cc3ccc([nH]3)C=c3ccc([nH]3)=Cc3ccc2[nH]3)c(O)c(O)c1O. The van der Waals surface area contributed by atoms with Crippen molar-refractivity contribution in [3.8, 4) is 23.0 Å². The lowest BCUT2D eigenvalue weighted by Gasteiger charge is -2.12. The third kappa shape index (κ3) is 3.25. The highest BCUT2D eigenvalue weighted by Crippen LogP contribution is 2.46. The Kier molecular flexibility index (Phi) is 4.21. The van der Waals surface area contributed by atoms with Gasteiger partial charge in [0, 0.05) is 55.3 Å². The fourth-order valence-corrected chi connectivity index (χ4v) is 4.24. The van der Waals surface area contributed by atoms with Gasteiger partial charge in [-0.1, -0.05) is 0 Å². The van der Waals surface area contributed by atoms with Crippen LogP contribution in [0, 0.1) is 0 Å². The largest absolute Gasteiger partial charge is 0.504 e. The van der Waals surface area contributed by atoms with Gasteiger partial charge in [-0.3, -0.25) is 0 Å². The Hall–Kier alpha value is -4.98. The maximum absolute atomic E-state index is 10.7. The number of H-pyrrole nitrogens is 4. The molecule has 0 fully saturated rings. The van der Waals surface area contributed by atoms with Gasteiger partial charge in [-0.15, -0.1) is 0 Å². The summed E-state index contributed by atoms with van der Waals surface area (Å²) in [6, 6.07) is 16.6. The second-order valence-electron chi connectivity index (χ2n) is 8.19. The van der Waals surface area contributed by atoms with Gasteiger partial charge in [-0.05, 0) is 72.8 Å². The molecule has 34 heavy (non-hydrogen) atoms. The lowest BCUT2D eigenvalue weighted by molar-refractivity contribution is 0.345. The van der Waals surface area contributed by atoms with Crippen molar-refractivity contribution >= 4 is 23.8 Å². The number of fused-ring (bicyclic) bond motifs is 8. The van der Waals surface area contributed by atoms with Crippen molar-refractivity contribution < 1.29 is 20.4 Å². The highest BCUT2D eigenvalue weighted by molar-refractivity contribution is 5.84. The van der Waals surface area contributed by atoms with E-state index in [1.165, 1.54) is 6.07 Å². The minimum atomic E-state index is -0.791. The van der Waals surface area contributed by atoms with Crippen molar-refractivity contribution in [2.45, 2.75) is 0 Å². The number of benzene rings is 1. The highest BCUT2D eigenvalue weighted by Gasteiger charge is 2.21. The molecule has 1 aliphatic heterocycles. The smallest absolute Gasteiger partial charge is 0.204 e. The molecular formula is C26H20N4O4. The van der Waals surface area contributed by atoms with E-state index in [0.717, 1.165) is 33.1 Å². The molecule has 0 radical (unpaired) electrons. The van der Waals surface area contributed by atoms with E-state index in [1.54, 1.807) is 0 Å². The molecule has 0 saturated heterocycles. The third-order valence-corrected chi connectivity index (χ3v) is 5.85. The molecule has 6 rings (SSSR count). The second kappa shape index (κ2) is 7.28. The maximum Gasteiger partial charge on any atom is 0.204 e. The first-order valence-electron chi connectivity index (χ1n) is 10.6. The van der Waals surface area contributed by atoms with E-state index < -0.39 is 23.0 Å². The van der Waals surface area contributed by atoms with E-state index in [4.69, 9.17) is 0 Å². The number of phenolic OH excluding ortho intramolecular Hbond substituents is 4. The van der Waals surface area contributed by atoms with Gasteiger partial charge < -0.3 is 40.4 Å². The zero-order valence-corrected chi connectivity index (χ0v) is 17.7. The first-order chi connectivity index (χ1) is 16.4.